The average molecular weight is 386 g/mol. The molecule has 3 aromatic heterocycles. The predicted molar refractivity (Wildman–Crippen MR) is 105 cm³/mol. The van der Waals surface area contributed by atoms with Gasteiger partial charge in [0.2, 0.25) is 5.78 Å². The first-order valence-electron chi connectivity index (χ1n) is 8.48. The third-order valence-electron chi connectivity index (χ3n) is 4.28. The van der Waals surface area contributed by atoms with Gasteiger partial charge in [-0.25, -0.2) is 4.98 Å². The van der Waals surface area contributed by atoms with Crippen LogP contribution in [0.15, 0.2) is 72.4 Å². The van der Waals surface area contributed by atoms with E-state index in [2.05, 4.69) is 16.4 Å². The molecule has 0 saturated carbocycles. The summed E-state index contributed by atoms with van der Waals surface area (Å²) >= 11 is 1.40. The zero-order valence-corrected chi connectivity index (χ0v) is 15.4. The number of amides is 1. The molecule has 1 atom stereocenters. The van der Waals surface area contributed by atoms with Crippen LogP contribution in [0.2, 0.25) is 0 Å². The van der Waals surface area contributed by atoms with Crippen molar-refractivity contribution in [1.82, 2.24) is 14.7 Å². The van der Waals surface area contributed by atoms with Gasteiger partial charge in [0.1, 0.15) is 11.3 Å². The van der Waals surface area contributed by atoms with E-state index in [9.17, 15) is 14.9 Å². The number of fused-ring (bicyclic) bond motifs is 1. The van der Waals surface area contributed by atoms with Gasteiger partial charge in [-0.3, -0.25) is 14.0 Å². The Labute approximate surface area is 164 Å². The van der Waals surface area contributed by atoms with Gasteiger partial charge in [-0.15, -0.1) is 11.3 Å². The average Bonchev–Trinajstić information content (AvgIpc) is 3.41. The van der Waals surface area contributed by atoms with E-state index in [1.54, 1.807) is 53.1 Å². The number of thiophene rings is 1. The SMILES string of the molecule is N#CC(NC(=O)c1cccn2c(C(=O)c3ccccc3)cnc12)c1cccs1. The third-order valence-corrected chi connectivity index (χ3v) is 5.22. The van der Waals surface area contributed by atoms with Gasteiger partial charge in [-0.05, 0) is 23.6 Å². The maximum atomic E-state index is 12.8. The Kier molecular flexibility index (Phi) is 4.70. The van der Waals surface area contributed by atoms with Gasteiger partial charge in [-0.2, -0.15) is 5.26 Å². The van der Waals surface area contributed by atoms with Crippen molar-refractivity contribution in [2.24, 2.45) is 0 Å². The number of pyridine rings is 1. The summed E-state index contributed by atoms with van der Waals surface area (Å²) in [4.78, 5) is 30.6. The van der Waals surface area contributed by atoms with E-state index < -0.39 is 11.9 Å². The molecule has 0 fully saturated rings. The summed E-state index contributed by atoms with van der Waals surface area (Å²) in [6.07, 6.45) is 3.15. The van der Waals surface area contributed by atoms with Gasteiger partial charge in [0.25, 0.3) is 5.91 Å². The van der Waals surface area contributed by atoms with E-state index in [0.29, 0.717) is 22.5 Å². The molecule has 1 amide bonds. The van der Waals surface area contributed by atoms with Crippen molar-refractivity contribution in [2.75, 3.05) is 0 Å². The number of hydrogen-bond donors (Lipinski definition) is 1. The predicted octanol–water partition coefficient (Wildman–Crippen LogP) is 3.62. The highest BCUT2D eigenvalue weighted by Crippen LogP contribution is 2.20. The summed E-state index contributed by atoms with van der Waals surface area (Å²) in [5.41, 5.74) is 1.57. The Morgan fingerprint density at radius 2 is 1.93 bits per heavy atom. The molecule has 1 aromatic carbocycles. The maximum absolute atomic E-state index is 12.8. The Balaban J connectivity index is 1.68. The number of imidazole rings is 1. The molecule has 0 bridgehead atoms. The first kappa shape index (κ1) is 17.6. The van der Waals surface area contributed by atoms with E-state index in [0.717, 1.165) is 4.88 Å². The molecule has 0 aliphatic rings. The summed E-state index contributed by atoms with van der Waals surface area (Å²) in [5, 5.41) is 14.0. The zero-order valence-electron chi connectivity index (χ0n) is 14.6. The van der Waals surface area contributed by atoms with Crippen molar-refractivity contribution in [2.45, 2.75) is 6.04 Å². The lowest BCUT2D eigenvalue weighted by atomic mass is 10.1. The number of carbonyl (C=O) groups excluding carboxylic acids is 2. The first-order chi connectivity index (χ1) is 13.7. The van der Waals surface area contributed by atoms with E-state index in [4.69, 9.17) is 0 Å². The highest BCUT2D eigenvalue weighted by molar-refractivity contribution is 7.10. The lowest BCUT2D eigenvalue weighted by Crippen LogP contribution is -2.27. The van der Waals surface area contributed by atoms with Crippen molar-refractivity contribution in [3.8, 4) is 6.07 Å². The second-order valence-electron chi connectivity index (χ2n) is 6.01. The molecule has 1 unspecified atom stereocenters. The maximum Gasteiger partial charge on any atom is 0.256 e. The summed E-state index contributed by atoms with van der Waals surface area (Å²) in [6.45, 7) is 0. The summed E-state index contributed by atoms with van der Waals surface area (Å²) in [6, 6.07) is 17.2. The van der Waals surface area contributed by atoms with Gasteiger partial charge >= 0.3 is 0 Å². The van der Waals surface area contributed by atoms with Gasteiger partial charge in [0.05, 0.1) is 17.8 Å². The van der Waals surface area contributed by atoms with E-state index >= 15 is 0 Å². The highest BCUT2D eigenvalue weighted by Gasteiger charge is 2.21. The monoisotopic (exact) mass is 386 g/mol. The molecule has 0 saturated heterocycles. The Morgan fingerprint density at radius 3 is 2.64 bits per heavy atom. The molecular formula is C21H14N4O2S. The topological polar surface area (TPSA) is 87.3 Å². The molecular weight excluding hydrogens is 372 g/mol. The molecule has 136 valence electrons. The number of benzene rings is 1. The van der Waals surface area contributed by atoms with Gasteiger partial charge in [-0.1, -0.05) is 36.4 Å². The van der Waals surface area contributed by atoms with Crippen LogP contribution >= 0.6 is 11.3 Å². The number of hydrogen-bond acceptors (Lipinski definition) is 5. The minimum absolute atomic E-state index is 0.181. The smallest absolute Gasteiger partial charge is 0.256 e. The van der Waals surface area contributed by atoms with Crippen LogP contribution in [0.5, 0.6) is 0 Å². The molecule has 4 rings (SSSR count). The molecule has 4 aromatic rings. The number of ketones is 1. The fourth-order valence-electron chi connectivity index (χ4n) is 2.92. The van der Waals surface area contributed by atoms with Crippen LogP contribution in [-0.2, 0) is 0 Å². The van der Waals surface area contributed by atoms with E-state index in [1.165, 1.54) is 17.5 Å². The summed E-state index contributed by atoms with van der Waals surface area (Å²) in [7, 11) is 0. The number of aromatic nitrogens is 2. The number of nitrogens with zero attached hydrogens (tertiary/aromatic N) is 3. The van der Waals surface area contributed by atoms with Crippen molar-refractivity contribution in [1.29, 1.82) is 5.26 Å². The lowest BCUT2D eigenvalue weighted by Gasteiger charge is -2.11. The minimum Gasteiger partial charge on any atom is -0.332 e. The molecule has 0 aliphatic carbocycles. The fraction of sp³-hybridized carbons (Fsp3) is 0.0476. The molecule has 28 heavy (non-hydrogen) atoms. The largest absolute Gasteiger partial charge is 0.332 e. The molecule has 1 N–H and O–H groups in total. The van der Waals surface area contributed by atoms with E-state index in [1.807, 2.05) is 17.5 Å². The Morgan fingerprint density at radius 1 is 1.11 bits per heavy atom. The van der Waals surface area contributed by atoms with Gasteiger partial charge < -0.3 is 5.32 Å². The van der Waals surface area contributed by atoms with Crippen LogP contribution < -0.4 is 5.32 Å². The Bertz CT molecular complexity index is 1190. The molecule has 0 spiro atoms. The van der Waals surface area contributed by atoms with Crippen molar-refractivity contribution >= 4 is 28.7 Å². The zero-order chi connectivity index (χ0) is 19.5. The molecule has 0 radical (unpaired) electrons. The van der Waals surface area contributed by atoms with Crippen LogP contribution in [-0.4, -0.2) is 21.1 Å². The van der Waals surface area contributed by atoms with Gasteiger partial charge in [0, 0.05) is 16.6 Å². The highest BCUT2D eigenvalue weighted by atomic mass is 32.1. The molecule has 6 nitrogen and oxygen atoms in total. The number of carbonyl (C=O) groups is 2. The second-order valence-corrected chi connectivity index (χ2v) is 6.98. The first-order valence-corrected chi connectivity index (χ1v) is 9.36. The van der Waals surface area contributed by atoms with Crippen LogP contribution in [0.4, 0.5) is 0 Å². The summed E-state index contributed by atoms with van der Waals surface area (Å²) < 4.78 is 1.59. The quantitative estimate of drug-likeness (QED) is 0.531. The molecule has 0 aliphatic heterocycles. The van der Waals surface area contributed by atoms with Crippen LogP contribution in [0.1, 0.15) is 37.3 Å². The Hall–Kier alpha value is -3.76. The molecule has 7 heteroatoms. The van der Waals surface area contributed by atoms with Crippen LogP contribution in [0.25, 0.3) is 5.65 Å². The van der Waals surface area contributed by atoms with Crippen molar-refractivity contribution < 1.29 is 9.59 Å². The minimum atomic E-state index is -0.742. The number of rotatable bonds is 5. The van der Waals surface area contributed by atoms with Gasteiger partial charge in [0.15, 0.2) is 6.04 Å². The lowest BCUT2D eigenvalue weighted by molar-refractivity contribution is 0.0945. The summed E-state index contributed by atoms with van der Waals surface area (Å²) in [5.74, 6) is -0.603. The van der Waals surface area contributed by atoms with E-state index in [-0.39, 0.29) is 5.78 Å². The third kappa shape index (κ3) is 3.17. The standard InChI is InChI=1S/C21H14N4O2S/c22-12-16(18-9-5-11-28-18)24-21(27)15-8-4-10-25-17(13-23-20(15)25)19(26)14-6-2-1-3-7-14/h1-11,13,16H,(H,24,27). The second kappa shape index (κ2) is 7.47. The van der Waals surface area contributed by atoms with Crippen molar-refractivity contribution in [3.63, 3.8) is 0 Å². The normalized spacial score (nSPS) is 11.7. The molecule has 3 heterocycles. The number of nitrogens with one attached hydrogen (secondary N) is 1. The van der Waals surface area contributed by atoms with Crippen LogP contribution in [0.3, 0.4) is 0 Å². The number of nitriles is 1. The fourth-order valence-corrected chi connectivity index (χ4v) is 3.64. The van der Waals surface area contributed by atoms with Crippen molar-refractivity contribution in [3.05, 3.63) is 94.1 Å². The van der Waals surface area contributed by atoms with Crippen LogP contribution in [0, 0.1) is 11.3 Å².